The maximum atomic E-state index is 11.0. The Kier molecular flexibility index (Phi) is 2.75. The number of carboxylic acid groups (broad SMARTS) is 1. The number of hydrogen-bond acceptors (Lipinski definition) is 3. The van der Waals surface area contributed by atoms with Crippen molar-refractivity contribution in [3.05, 3.63) is 48.5 Å². The van der Waals surface area contributed by atoms with Crippen LogP contribution in [0.4, 0.5) is 0 Å². The molecular formula is C13H12N4O2. The molecule has 96 valence electrons. The molecule has 0 amide bonds. The maximum absolute atomic E-state index is 11.0. The average Bonchev–Trinajstić information content (AvgIpc) is 2.99. The monoisotopic (exact) mass is 256 g/mol. The number of carboxylic acids is 1. The summed E-state index contributed by atoms with van der Waals surface area (Å²) in [5, 5.41) is 13.1. The standard InChI is InChI=1S/C13H12N4O2/c18-13(19)9-17-11-5-2-1-4-10(11)15-12(17)8-16-7-3-6-14-16/h1-7H,8-9H2,(H,18,19). The third-order valence-corrected chi connectivity index (χ3v) is 2.89. The third-order valence-electron chi connectivity index (χ3n) is 2.89. The highest BCUT2D eigenvalue weighted by Gasteiger charge is 2.13. The summed E-state index contributed by atoms with van der Waals surface area (Å²) < 4.78 is 3.43. The third kappa shape index (κ3) is 2.20. The molecule has 0 saturated carbocycles. The van der Waals surface area contributed by atoms with Crippen LogP contribution in [-0.2, 0) is 17.9 Å². The molecule has 0 unspecified atom stereocenters. The lowest BCUT2D eigenvalue weighted by Crippen LogP contribution is -2.14. The molecule has 3 rings (SSSR count). The number of nitrogens with zero attached hydrogens (tertiary/aromatic N) is 4. The van der Waals surface area contributed by atoms with E-state index in [1.807, 2.05) is 36.5 Å². The van der Waals surface area contributed by atoms with Gasteiger partial charge in [-0.05, 0) is 18.2 Å². The first-order valence-corrected chi connectivity index (χ1v) is 5.87. The lowest BCUT2D eigenvalue weighted by molar-refractivity contribution is -0.137. The van der Waals surface area contributed by atoms with Crippen LogP contribution in [0, 0.1) is 0 Å². The SMILES string of the molecule is O=C(O)Cn1c(Cn2cccn2)nc2ccccc21. The van der Waals surface area contributed by atoms with E-state index in [0.717, 1.165) is 11.0 Å². The van der Waals surface area contributed by atoms with E-state index < -0.39 is 5.97 Å². The Labute approximate surface area is 108 Å². The number of fused-ring (bicyclic) bond motifs is 1. The summed E-state index contributed by atoms with van der Waals surface area (Å²) in [5.74, 6) is -0.197. The van der Waals surface area contributed by atoms with Crippen molar-refractivity contribution in [2.24, 2.45) is 0 Å². The van der Waals surface area contributed by atoms with Gasteiger partial charge in [0, 0.05) is 12.4 Å². The fraction of sp³-hybridized carbons (Fsp3) is 0.154. The zero-order valence-corrected chi connectivity index (χ0v) is 10.1. The van der Waals surface area contributed by atoms with Gasteiger partial charge in [0.05, 0.1) is 17.6 Å². The summed E-state index contributed by atoms with van der Waals surface area (Å²) in [4.78, 5) is 15.5. The highest BCUT2D eigenvalue weighted by Crippen LogP contribution is 2.16. The topological polar surface area (TPSA) is 72.9 Å². The number of benzene rings is 1. The largest absolute Gasteiger partial charge is 0.480 e. The van der Waals surface area contributed by atoms with E-state index in [1.54, 1.807) is 15.4 Å². The van der Waals surface area contributed by atoms with Crippen LogP contribution in [0.2, 0.25) is 0 Å². The lowest BCUT2D eigenvalue weighted by Gasteiger charge is -2.06. The zero-order chi connectivity index (χ0) is 13.2. The van der Waals surface area contributed by atoms with Crippen molar-refractivity contribution in [3.63, 3.8) is 0 Å². The van der Waals surface area contributed by atoms with Gasteiger partial charge in [-0.25, -0.2) is 4.98 Å². The molecule has 0 radical (unpaired) electrons. The smallest absolute Gasteiger partial charge is 0.323 e. The molecule has 0 aliphatic rings. The fourth-order valence-corrected chi connectivity index (χ4v) is 2.10. The quantitative estimate of drug-likeness (QED) is 0.765. The van der Waals surface area contributed by atoms with E-state index in [1.165, 1.54) is 0 Å². The Bertz CT molecular complexity index is 715. The van der Waals surface area contributed by atoms with E-state index >= 15 is 0 Å². The number of aliphatic carboxylic acids is 1. The molecule has 6 nitrogen and oxygen atoms in total. The molecule has 3 aromatic rings. The van der Waals surface area contributed by atoms with Gasteiger partial charge in [-0.1, -0.05) is 12.1 Å². The molecule has 6 heteroatoms. The Morgan fingerprint density at radius 2 is 2.11 bits per heavy atom. The van der Waals surface area contributed by atoms with E-state index in [0.29, 0.717) is 12.4 Å². The fourth-order valence-electron chi connectivity index (χ4n) is 2.10. The molecule has 0 fully saturated rings. The van der Waals surface area contributed by atoms with Crippen LogP contribution >= 0.6 is 0 Å². The van der Waals surface area contributed by atoms with Crippen molar-refractivity contribution in [1.82, 2.24) is 19.3 Å². The maximum Gasteiger partial charge on any atom is 0.323 e. The second-order valence-corrected chi connectivity index (χ2v) is 4.20. The highest BCUT2D eigenvalue weighted by molar-refractivity contribution is 5.78. The molecule has 1 aromatic carbocycles. The lowest BCUT2D eigenvalue weighted by atomic mass is 10.3. The number of imidazole rings is 1. The van der Waals surface area contributed by atoms with Gasteiger partial charge in [-0.3, -0.25) is 9.48 Å². The molecule has 2 heterocycles. The summed E-state index contributed by atoms with van der Waals surface area (Å²) in [7, 11) is 0. The summed E-state index contributed by atoms with van der Waals surface area (Å²) in [5.41, 5.74) is 1.62. The van der Waals surface area contributed by atoms with Gasteiger partial charge in [0.25, 0.3) is 0 Å². The molecule has 0 bridgehead atoms. The Morgan fingerprint density at radius 1 is 1.26 bits per heavy atom. The van der Waals surface area contributed by atoms with Crippen LogP contribution in [0.5, 0.6) is 0 Å². The minimum Gasteiger partial charge on any atom is -0.480 e. The van der Waals surface area contributed by atoms with Gasteiger partial charge in [-0.2, -0.15) is 5.10 Å². The molecule has 2 aromatic heterocycles. The van der Waals surface area contributed by atoms with Gasteiger partial charge < -0.3 is 9.67 Å². The predicted octanol–water partition coefficient (Wildman–Crippen LogP) is 1.37. The Morgan fingerprint density at radius 3 is 2.84 bits per heavy atom. The first-order valence-electron chi connectivity index (χ1n) is 5.87. The van der Waals surface area contributed by atoms with Gasteiger partial charge in [-0.15, -0.1) is 0 Å². The zero-order valence-electron chi connectivity index (χ0n) is 10.1. The van der Waals surface area contributed by atoms with Crippen LogP contribution in [0.1, 0.15) is 5.82 Å². The molecule has 0 aliphatic carbocycles. The second-order valence-electron chi connectivity index (χ2n) is 4.20. The summed E-state index contributed by atoms with van der Waals surface area (Å²) in [6.45, 7) is 0.353. The van der Waals surface area contributed by atoms with Crippen LogP contribution in [0.25, 0.3) is 11.0 Å². The van der Waals surface area contributed by atoms with Crippen molar-refractivity contribution in [3.8, 4) is 0 Å². The minimum absolute atomic E-state index is 0.100. The Hall–Kier alpha value is -2.63. The molecular weight excluding hydrogens is 244 g/mol. The van der Waals surface area contributed by atoms with Gasteiger partial charge >= 0.3 is 5.97 Å². The normalized spacial score (nSPS) is 10.9. The summed E-state index contributed by atoms with van der Waals surface area (Å²) in [6.07, 6.45) is 3.51. The second kappa shape index (κ2) is 4.56. The van der Waals surface area contributed by atoms with E-state index in [4.69, 9.17) is 5.11 Å². The van der Waals surface area contributed by atoms with Crippen molar-refractivity contribution < 1.29 is 9.90 Å². The van der Waals surface area contributed by atoms with Gasteiger partial charge in [0.2, 0.25) is 0 Å². The number of rotatable bonds is 4. The number of carbonyl (C=O) groups is 1. The van der Waals surface area contributed by atoms with Gasteiger partial charge in [0.1, 0.15) is 12.4 Å². The highest BCUT2D eigenvalue weighted by atomic mass is 16.4. The molecule has 0 aliphatic heterocycles. The van der Waals surface area contributed by atoms with Gasteiger partial charge in [0.15, 0.2) is 0 Å². The molecule has 0 saturated heterocycles. The molecule has 19 heavy (non-hydrogen) atoms. The predicted molar refractivity (Wildman–Crippen MR) is 68.7 cm³/mol. The summed E-state index contributed by atoms with van der Waals surface area (Å²) >= 11 is 0. The van der Waals surface area contributed by atoms with Crippen molar-refractivity contribution in [2.75, 3.05) is 0 Å². The van der Waals surface area contributed by atoms with Crippen LogP contribution in [0.15, 0.2) is 42.7 Å². The number of para-hydroxylation sites is 2. The van der Waals surface area contributed by atoms with E-state index in [9.17, 15) is 4.79 Å². The average molecular weight is 256 g/mol. The number of hydrogen-bond donors (Lipinski definition) is 1. The van der Waals surface area contributed by atoms with E-state index in [-0.39, 0.29) is 6.54 Å². The first-order chi connectivity index (χ1) is 9.24. The van der Waals surface area contributed by atoms with E-state index in [2.05, 4.69) is 10.1 Å². The molecule has 1 N–H and O–H groups in total. The van der Waals surface area contributed by atoms with Crippen LogP contribution in [-0.4, -0.2) is 30.4 Å². The van der Waals surface area contributed by atoms with Crippen molar-refractivity contribution >= 4 is 17.0 Å². The van der Waals surface area contributed by atoms with Crippen LogP contribution < -0.4 is 0 Å². The minimum atomic E-state index is -0.884. The first kappa shape index (κ1) is 11.5. The number of aromatic nitrogens is 4. The summed E-state index contributed by atoms with van der Waals surface area (Å²) in [6, 6.07) is 9.33. The van der Waals surface area contributed by atoms with Crippen molar-refractivity contribution in [2.45, 2.75) is 13.1 Å². The molecule has 0 atom stereocenters. The Balaban J connectivity index is 2.08. The van der Waals surface area contributed by atoms with Crippen molar-refractivity contribution in [1.29, 1.82) is 0 Å². The van der Waals surface area contributed by atoms with Crippen LogP contribution in [0.3, 0.4) is 0 Å². The molecule has 0 spiro atoms.